The van der Waals surface area contributed by atoms with E-state index in [0.717, 1.165) is 35.7 Å². The van der Waals surface area contributed by atoms with Gasteiger partial charge < -0.3 is 9.88 Å². The molecule has 1 aromatic carbocycles. The zero-order valence-electron chi connectivity index (χ0n) is 14.3. The van der Waals surface area contributed by atoms with Crippen LogP contribution in [0.25, 0.3) is 17.3 Å². The predicted molar refractivity (Wildman–Crippen MR) is 100 cm³/mol. The van der Waals surface area contributed by atoms with Crippen LogP contribution in [0.5, 0.6) is 0 Å². The summed E-state index contributed by atoms with van der Waals surface area (Å²) in [6, 6.07) is 7.75. The Morgan fingerprint density at radius 2 is 2.19 bits per heavy atom. The highest BCUT2D eigenvalue weighted by Crippen LogP contribution is 2.24. The number of hydrogen-bond acceptors (Lipinski definition) is 4. The van der Waals surface area contributed by atoms with Crippen LogP contribution in [-0.4, -0.2) is 25.4 Å². The zero-order valence-corrected chi connectivity index (χ0v) is 14.3. The number of aryl methyl sites for hydroxylation is 2. The van der Waals surface area contributed by atoms with Crippen molar-refractivity contribution in [3.05, 3.63) is 66.6 Å². The topological polar surface area (TPSA) is 72.7 Å². The maximum atomic E-state index is 12.1. The van der Waals surface area contributed by atoms with Gasteiger partial charge in [0.2, 0.25) is 5.91 Å². The van der Waals surface area contributed by atoms with E-state index in [1.165, 1.54) is 18.9 Å². The molecule has 6 nitrogen and oxygen atoms in total. The number of amides is 1. The third-order valence-electron chi connectivity index (χ3n) is 4.32. The molecule has 130 valence electrons. The number of hydrogen-bond donors (Lipinski definition) is 1. The predicted octanol–water partition coefficient (Wildman–Crippen LogP) is 3.33. The highest BCUT2D eigenvalue weighted by Gasteiger charge is 2.13. The van der Waals surface area contributed by atoms with E-state index in [1.807, 2.05) is 24.3 Å². The average molecular weight is 345 g/mol. The molecule has 0 aliphatic carbocycles. The minimum absolute atomic E-state index is 0.211. The lowest BCUT2D eigenvalue weighted by molar-refractivity contribution is -0.111. The summed E-state index contributed by atoms with van der Waals surface area (Å²) in [5.41, 5.74) is 3.33. The minimum Gasteiger partial charge on any atom is -0.334 e. The first-order valence-electron chi connectivity index (χ1n) is 8.69. The van der Waals surface area contributed by atoms with Crippen LogP contribution in [0.2, 0.25) is 0 Å². The lowest BCUT2D eigenvalue weighted by atomic mass is 10.1. The van der Waals surface area contributed by atoms with Crippen molar-refractivity contribution in [3.63, 3.8) is 0 Å². The third kappa shape index (κ3) is 3.69. The summed E-state index contributed by atoms with van der Waals surface area (Å²) in [5.74, 6) is 0.935. The van der Waals surface area contributed by atoms with Crippen LogP contribution in [0, 0.1) is 0 Å². The molecule has 0 fully saturated rings. The number of aromatic nitrogens is 4. The van der Waals surface area contributed by atoms with Crippen molar-refractivity contribution in [1.82, 2.24) is 19.5 Å². The van der Waals surface area contributed by atoms with E-state index in [4.69, 9.17) is 4.98 Å². The van der Waals surface area contributed by atoms with Gasteiger partial charge in [0.15, 0.2) is 0 Å². The summed E-state index contributed by atoms with van der Waals surface area (Å²) in [5, 5.41) is 2.88. The lowest BCUT2D eigenvalue weighted by Crippen LogP contribution is -2.08. The number of carbonyl (C=O) groups excluding carboxylic acids is 1. The second-order valence-electron chi connectivity index (χ2n) is 6.23. The van der Waals surface area contributed by atoms with Gasteiger partial charge >= 0.3 is 0 Å². The quantitative estimate of drug-likeness (QED) is 0.736. The highest BCUT2D eigenvalue weighted by molar-refractivity contribution is 6.02. The Labute approximate surface area is 151 Å². The van der Waals surface area contributed by atoms with Crippen molar-refractivity contribution in [2.75, 3.05) is 5.32 Å². The molecule has 0 spiro atoms. The minimum atomic E-state index is -0.211. The average Bonchev–Trinajstić information content (AvgIpc) is 3.12. The van der Waals surface area contributed by atoms with Gasteiger partial charge in [-0.15, -0.1) is 0 Å². The molecule has 0 bridgehead atoms. The smallest absolute Gasteiger partial charge is 0.248 e. The molecule has 2 aromatic heterocycles. The van der Waals surface area contributed by atoms with Crippen LogP contribution < -0.4 is 5.32 Å². The monoisotopic (exact) mass is 345 g/mol. The number of anilines is 1. The third-order valence-corrected chi connectivity index (χ3v) is 4.32. The molecule has 0 unspecified atom stereocenters. The molecule has 3 heterocycles. The van der Waals surface area contributed by atoms with E-state index in [2.05, 4.69) is 26.0 Å². The molecule has 26 heavy (non-hydrogen) atoms. The highest BCUT2D eigenvalue weighted by atomic mass is 16.1. The van der Waals surface area contributed by atoms with Crippen molar-refractivity contribution in [3.8, 4) is 11.3 Å². The van der Waals surface area contributed by atoms with Gasteiger partial charge in [-0.25, -0.2) is 4.98 Å². The first kappa shape index (κ1) is 16.2. The van der Waals surface area contributed by atoms with Gasteiger partial charge in [0.25, 0.3) is 0 Å². The van der Waals surface area contributed by atoms with Gasteiger partial charge in [-0.05, 0) is 31.1 Å². The number of carbonyl (C=O) groups is 1. The lowest BCUT2D eigenvalue weighted by Gasteiger charge is -2.11. The SMILES string of the molecule is O=C(C=Cc1cnccn1)Nc1cccc(-c2cn3c(n2)CCCC3)c1. The number of nitrogens with zero attached hydrogens (tertiary/aromatic N) is 4. The van der Waals surface area contributed by atoms with E-state index in [0.29, 0.717) is 5.69 Å². The summed E-state index contributed by atoms with van der Waals surface area (Å²) in [7, 11) is 0. The Morgan fingerprint density at radius 1 is 1.23 bits per heavy atom. The van der Waals surface area contributed by atoms with Crippen LogP contribution in [0.4, 0.5) is 5.69 Å². The Bertz CT molecular complexity index is 922. The normalized spacial score (nSPS) is 13.5. The van der Waals surface area contributed by atoms with E-state index in [-0.39, 0.29) is 5.91 Å². The summed E-state index contributed by atoms with van der Waals surface area (Å²) in [6.45, 7) is 1.03. The molecule has 1 N–H and O–H groups in total. The number of benzene rings is 1. The maximum Gasteiger partial charge on any atom is 0.248 e. The summed E-state index contributed by atoms with van der Waals surface area (Å²) < 4.78 is 2.23. The van der Waals surface area contributed by atoms with Crippen LogP contribution in [0.3, 0.4) is 0 Å². The number of nitrogens with one attached hydrogen (secondary N) is 1. The van der Waals surface area contributed by atoms with Gasteiger partial charge in [-0.2, -0.15) is 0 Å². The van der Waals surface area contributed by atoms with Crippen LogP contribution in [0.15, 0.2) is 55.1 Å². The number of fused-ring (bicyclic) bond motifs is 1. The Hall–Kier alpha value is -3.28. The molecule has 1 amide bonds. The van der Waals surface area contributed by atoms with Gasteiger partial charge in [-0.3, -0.25) is 14.8 Å². The number of imidazole rings is 1. The van der Waals surface area contributed by atoms with Crippen LogP contribution in [0.1, 0.15) is 24.4 Å². The maximum absolute atomic E-state index is 12.1. The fourth-order valence-electron chi connectivity index (χ4n) is 3.05. The summed E-state index contributed by atoms with van der Waals surface area (Å²) >= 11 is 0. The molecule has 4 rings (SSSR count). The molecule has 0 saturated heterocycles. The molecule has 0 saturated carbocycles. The van der Waals surface area contributed by atoms with Crippen molar-refractivity contribution in [2.45, 2.75) is 25.8 Å². The van der Waals surface area contributed by atoms with Crippen molar-refractivity contribution < 1.29 is 4.79 Å². The molecule has 0 atom stereocenters. The fourth-order valence-corrected chi connectivity index (χ4v) is 3.05. The summed E-state index contributed by atoms with van der Waals surface area (Å²) in [6.07, 6.45) is 13.4. The van der Waals surface area contributed by atoms with E-state index >= 15 is 0 Å². The van der Waals surface area contributed by atoms with Crippen LogP contribution >= 0.6 is 0 Å². The van der Waals surface area contributed by atoms with E-state index in [1.54, 1.807) is 24.7 Å². The van der Waals surface area contributed by atoms with Crippen LogP contribution in [-0.2, 0) is 17.8 Å². The van der Waals surface area contributed by atoms with Crippen molar-refractivity contribution in [1.29, 1.82) is 0 Å². The molecule has 6 heteroatoms. The standard InChI is InChI=1S/C20H19N5O/c26-20(8-7-17-13-21-9-10-22-17)23-16-5-3-4-15(12-16)18-14-25-11-2-1-6-19(25)24-18/h3-5,7-10,12-14H,1-2,6,11H2,(H,23,26). The second-order valence-corrected chi connectivity index (χ2v) is 6.23. The van der Waals surface area contributed by atoms with Crippen molar-refractivity contribution in [2.24, 2.45) is 0 Å². The molecular formula is C20H19N5O. The molecule has 1 aliphatic rings. The Kier molecular flexibility index (Phi) is 4.55. The summed E-state index contributed by atoms with van der Waals surface area (Å²) in [4.78, 5) is 24.9. The van der Waals surface area contributed by atoms with Gasteiger partial charge in [0.1, 0.15) is 5.82 Å². The van der Waals surface area contributed by atoms with Gasteiger partial charge in [0, 0.05) is 48.9 Å². The van der Waals surface area contributed by atoms with Crippen molar-refractivity contribution >= 4 is 17.7 Å². The Balaban J connectivity index is 1.48. The van der Waals surface area contributed by atoms with Gasteiger partial charge in [0.05, 0.1) is 17.6 Å². The molecule has 1 aliphatic heterocycles. The first-order valence-corrected chi connectivity index (χ1v) is 8.69. The van der Waals surface area contributed by atoms with E-state index < -0.39 is 0 Å². The molecule has 0 radical (unpaired) electrons. The number of rotatable bonds is 4. The van der Waals surface area contributed by atoms with E-state index in [9.17, 15) is 4.79 Å². The zero-order chi connectivity index (χ0) is 17.8. The largest absolute Gasteiger partial charge is 0.334 e. The molecule has 3 aromatic rings. The van der Waals surface area contributed by atoms with Gasteiger partial charge in [-0.1, -0.05) is 12.1 Å². The fraction of sp³-hybridized carbons (Fsp3) is 0.200. The first-order chi connectivity index (χ1) is 12.8. The molecular weight excluding hydrogens is 326 g/mol. The second kappa shape index (κ2) is 7.31. The Morgan fingerprint density at radius 3 is 3.04 bits per heavy atom.